The molecule has 1 heterocycles. The topological polar surface area (TPSA) is 82.1 Å². The van der Waals surface area contributed by atoms with E-state index in [1.54, 1.807) is 4.90 Å². The molecule has 1 aliphatic heterocycles. The average Bonchev–Trinajstić information content (AvgIpc) is 2.74. The fourth-order valence-corrected chi connectivity index (χ4v) is 3.54. The summed E-state index contributed by atoms with van der Waals surface area (Å²) in [5.74, 6) is 0.649. The number of likely N-dealkylation sites (tertiary alicyclic amines) is 1. The Hall–Kier alpha value is -3.06. The summed E-state index contributed by atoms with van der Waals surface area (Å²) in [4.78, 5) is 27.3. The Balaban J connectivity index is 1.49. The molecule has 1 aliphatic rings. The van der Waals surface area contributed by atoms with Crippen molar-refractivity contribution in [3.63, 3.8) is 0 Å². The van der Waals surface area contributed by atoms with E-state index in [9.17, 15) is 9.59 Å². The van der Waals surface area contributed by atoms with Crippen LogP contribution in [0, 0.1) is 0 Å². The summed E-state index contributed by atoms with van der Waals surface area (Å²) in [6.07, 6.45) is 1.55. The molecule has 0 saturated carbocycles. The molecule has 0 atom stereocenters. The maximum atomic E-state index is 12.5. The van der Waals surface area contributed by atoms with E-state index in [1.165, 1.54) is 0 Å². The molecule has 2 amide bonds. The number of ether oxygens (including phenoxy) is 1. The van der Waals surface area contributed by atoms with Crippen LogP contribution < -0.4 is 10.1 Å². The predicted octanol–water partition coefficient (Wildman–Crippen LogP) is 3.88. The molecular formula is C22H27N3O4. The normalized spacial score (nSPS) is 14.6. The van der Waals surface area contributed by atoms with Crippen molar-refractivity contribution in [1.29, 1.82) is 0 Å². The number of hydrogen-bond acceptors (Lipinski definition) is 4. The van der Waals surface area contributed by atoms with Crippen LogP contribution in [-0.2, 0) is 4.79 Å². The van der Waals surface area contributed by atoms with E-state index in [-0.39, 0.29) is 18.6 Å². The van der Waals surface area contributed by atoms with Gasteiger partial charge in [-0.3, -0.25) is 9.69 Å². The minimum atomic E-state index is -0.813. The van der Waals surface area contributed by atoms with Crippen LogP contribution in [0.4, 0.5) is 10.5 Å². The maximum Gasteiger partial charge on any atom is 0.321 e. The van der Waals surface area contributed by atoms with Gasteiger partial charge in [-0.2, -0.15) is 0 Å². The molecule has 2 aromatic carbocycles. The third-order valence-electron chi connectivity index (χ3n) is 5.10. The second kappa shape index (κ2) is 9.93. The van der Waals surface area contributed by atoms with Crippen LogP contribution in [0.2, 0.25) is 0 Å². The number of carboxylic acid groups (broad SMARTS) is 1. The number of hydrogen-bond donors (Lipinski definition) is 2. The molecule has 0 radical (unpaired) electrons. The number of urea groups is 1. The molecule has 29 heavy (non-hydrogen) atoms. The first kappa shape index (κ1) is 20.7. The minimum Gasteiger partial charge on any atom is -0.480 e. The lowest BCUT2D eigenvalue weighted by atomic mass is 10.0. The predicted molar refractivity (Wildman–Crippen MR) is 111 cm³/mol. The van der Waals surface area contributed by atoms with Crippen molar-refractivity contribution in [2.24, 2.45) is 0 Å². The standard InChI is InChI=1S/C22H27N3O4/c1-2-24(16-21(26)27)18-12-14-25(15-13-18)22(28)23-17-8-10-20(11-9-17)29-19-6-4-3-5-7-19/h3-11,18H,2,12-16H2,1H3,(H,23,28)(H,26,27). The number of carboxylic acids is 1. The second-order valence-corrected chi connectivity index (χ2v) is 7.04. The number of rotatable bonds is 7. The third-order valence-corrected chi connectivity index (χ3v) is 5.10. The number of anilines is 1. The first-order valence-electron chi connectivity index (χ1n) is 9.90. The molecule has 154 valence electrons. The number of benzene rings is 2. The largest absolute Gasteiger partial charge is 0.480 e. The van der Waals surface area contributed by atoms with Crippen LogP contribution in [-0.4, -0.2) is 59.1 Å². The average molecular weight is 397 g/mol. The zero-order valence-electron chi connectivity index (χ0n) is 16.6. The van der Waals surface area contributed by atoms with Crippen LogP contribution in [0.3, 0.4) is 0 Å². The van der Waals surface area contributed by atoms with Crippen molar-refractivity contribution in [2.75, 3.05) is 31.5 Å². The quantitative estimate of drug-likeness (QED) is 0.741. The molecule has 0 spiro atoms. The van der Waals surface area contributed by atoms with Crippen molar-refractivity contribution in [2.45, 2.75) is 25.8 Å². The second-order valence-electron chi connectivity index (χ2n) is 7.04. The first-order valence-corrected chi connectivity index (χ1v) is 9.90. The number of amides is 2. The van der Waals surface area contributed by atoms with Gasteiger partial charge in [-0.15, -0.1) is 0 Å². The van der Waals surface area contributed by atoms with Gasteiger partial charge in [-0.05, 0) is 55.8 Å². The molecule has 0 aliphatic carbocycles. The number of likely N-dealkylation sites (N-methyl/N-ethyl adjacent to an activating group) is 1. The summed E-state index contributed by atoms with van der Waals surface area (Å²) in [6, 6.07) is 16.9. The Morgan fingerprint density at radius 3 is 2.28 bits per heavy atom. The van der Waals surface area contributed by atoms with Gasteiger partial charge in [0.2, 0.25) is 0 Å². The summed E-state index contributed by atoms with van der Waals surface area (Å²) in [7, 11) is 0. The number of nitrogens with zero attached hydrogens (tertiary/aromatic N) is 2. The van der Waals surface area contributed by atoms with Crippen molar-refractivity contribution >= 4 is 17.7 Å². The fourth-order valence-electron chi connectivity index (χ4n) is 3.54. The fraction of sp³-hybridized carbons (Fsp3) is 0.364. The Labute approximate surface area is 170 Å². The molecule has 7 nitrogen and oxygen atoms in total. The van der Waals surface area contributed by atoms with Crippen LogP contribution in [0.1, 0.15) is 19.8 Å². The molecule has 3 rings (SSSR count). The van der Waals surface area contributed by atoms with Gasteiger partial charge in [-0.25, -0.2) is 4.79 Å². The maximum absolute atomic E-state index is 12.5. The molecule has 2 aromatic rings. The molecule has 0 unspecified atom stereocenters. The molecule has 7 heteroatoms. The first-order chi connectivity index (χ1) is 14.0. The molecule has 0 bridgehead atoms. The Morgan fingerprint density at radius 2 is 1.69 bits per heavy atom. The van der Waals surface area contributed by atoms with Gasteiger partial charge in [0.05, 0.1) is 6.54 Å². The van der Waals surface area contributed by atoms with E-state index in [4.69, 9.17) is 9.84 Å². The van der Waals surface area contributed by atoms with E-state index < -0.39 is 5.97 Å². The Kier molecular flexibility index (Phi) is 7.08. The summed E-state index contributed by atoms with van der Waals surface area (Å²) < 4.78 is 5.76. The van der Waals surface area contributed by atoms with E-state index >= 15 is 0 Å². The lowest BCUT2D eigenvalue weighted by Gasteiger charge is -2.37. The van der Waals surface area contributed by atoms with Gasteiger partial charge < -0.3 is 20.1 Å². The van der Waals surface area contributed by atoms with E-state index in [0.29, 0.717) is 31.1 Å². The molecule has 2 N–H and O–H groups in total. The molecule has 0 aromatic heterocycles. The number of piperidine rings is 1. The van der Waals surface area contributed by atoms with Gasteiger partial charge in [-0.1, -0.05) is 25.1 Å². The van der Waals surface area contributed by atoms with Crippen molar-refractivity contribution in [3.8, 4) is 11.5 Å². The zero-order chi connectivity index (χ0) is 20.6. The van der Waals surface area contributed by atoms with Crippen LogP contribution in [0.5, 0.6) is 11.5 Å². The highest BCUT2D eigenvalue weighted by atomic mass is 16.5. The number of aliphatic carboxylic acids is 1. The summed E-state index contributed by atoms with van der Waals surface area (Å²) in [6.45, 7) is 3.93. The zero-order valence-corrected chi connectivity index (χ0v) is 16.6. The SMILES string of the molecule is CCN(CC(=O)O)C1CCN(C(=O)Nc2ccc(Oc3ccccc3)cc2)CC1. The lowest BCUT2D eigenvalue weighted by Crippen LogP contribution is -2.49. The lowest BCUT2D eigenvalue weighted by molar-refractivity contribution is -0.139. The number of para-hydroxylation sites is 1. The van der Waals surface area contributed by atoms with Gasteiger partial charge in [0.25, 0.3) is 0 Å². The summed E-state index contributed by atoms with van der Waals surface area (Å²) in [5, 5.41) is 11.9. The van der Waals surface area contributed by atoms with E-state index in [0.717, 1.165) is 18.6 Å². The van der Waals surface area contributed by atoms with Crippen molar-refractivity contribution in [3.05, 3.63) is 54.6 Å². The van der Waals surface area contributed by atoms with Crippen LogP contribution in [0.25, 0.3) is 0 Å². The molecule has 1 fully saturated rings. The highest BCUT2D eigenvalue weighted by molar-refractivity contribution is 5.89. The van der Waals surface area contributed by atoms with Crippen LogP contribution >= 0.6 is 0 Å². The summed E-state index contributed by atoms with van der Waals surface area (Å²) >= 11 is 0. The van der Waals surface area contributed by atoms with Gasteiger partial charge in [0, 0.05) is 24.8 Å². The highest BCUT2D eigenvalue weighted by Gasteiger charge is 2.27. The van der Waals surface area contributed by atoms with Crippen molar-refractivity contribution in [1.82, 2.24) is 9.80 Å². The van der Waals surface area contributed by atoms with E-state index in [1.807, 2.05) is 66.4 Å². The molecular weight excluding hydrogens is 370 g/mol. The molecule has 1 saturated heterocycles. The Bertz CT molecular complexity index is 803. The summed E-state index contributed by atoms with van der Waals surface area (Å²) in [5.41, 5.74) is 0.707. The number of carbonyl (C=O) groups is 2. The van der Waals surface area contributed by atoms with E-state index in [2.05, 4.69) is 5.32 Å². The Morgan fingerprint density at radius 1 is 1.07 bits per heavy atom. The minimum absolute atomic E-state index is 0.0464. The van der Waals surface area contributed by atoms with Gasteiger partial charge in [0.15, 0.2) is 0 Å². The monoisotopic (exact) mass is 397 g/mol. The van der Waals surface area contributed by atoms with Crippen LogP contribution in [0.15, 0.2) is 54.6 Å². The smallest absolute Gasteiger partial charge is 0.321 e. The number of carbonyl (C=O) groups excluding carboxylic acids is 1. The van der Waals surface area contributed by atoms with Gasteiger partial charge >= 0.3 is 12.0 Å². The number of nitrogens with one attached hydrogen (secondary N) is 1. The van der Waals surface area contributed by atoms with Gasteiger partial charge in [0.1, 0.15) is 11.5 Å². The highest BCUT2D eigenvalue weighted by Crippen LogP contribution is 2.23. The van der Waals surface area contributed by atoms with Crippen molar-refractivity contribution < 1.29 is 19.4 Å². The third kappa shape index (κ3) is 5.96.